The van der Waals surface area contributed by atoms with Crippen LogP contribution in [0.1, 0.15) is 26.7 Å². The zero-order valence-electron chi connectivity index (χ0n) is 4.29. The van der Waals surface area contributed by atoms with Gasteiger partial charge in [-0.2, -0.15) is 13.3 Å². The molecule has 6 heavy (non-hydrogen) atoms. The lowest BCUT2D eigenvalue weighted by Crippen LogP contribution is -1.74. The minimum Gasteiger partial charge on any atom is -0.346 e. The maximum Gasteiger partial charge on any atom is -0.0678 e. The molecule has 38 valence electrons. The van der Waals surface area contributed by atoms with E-state index < -0.39 is 0 Å². The van der Waals surface area contributed by atoms with Crippen LogP contribution in [0.2, 0.25) is 0 Å². The van der Waals surface area contributed by atoms with E-state index >= 15 is 0 Å². The fourth-order valence-electron chi connectivity index (χ4n) is 0.344. The predicted octanol–water partition coefficient (Wildman–Crippen LogP) is 2.58. The molecule has 0 atom stereocenters. The number of halogens is 1. The second-order valence-corrected chi connectivity index (χ2v) is 2.07. The van der Waals surface area contributed by atoms with Gasteiger partial charge in [-0.05, 0) is 0 Å². The molecular formula is C5H10Cl-. The van der Waals surface area contributed by atoms with E-state index in [9.17, 15) is 0 Å². The average Bonchev–Trinajstić information content (AvgIpc) is 1.35. The van der Waals surface area contributed by atoms with Crippen molar-refractivity contribution in [2.45, 2.75) is 26.7 Å². The van der Waals surface area contributed by atoms with Gasteiger partial charge in [0.05, 0.1) is 0 Å². The van der Waals surface area contributed by atoms with E-state index in [-0.39, 0.29) is 0 Å². The quantitative estimate of drug-likeness (QED) is 0.474. The van der Waals surface area contributed by atoms with Crippen LogP contribution in [0.3, 0.4) is 0 Å². The second kappa shape index (κ2) is 3.48. The van der Waals surface area contributed by atoms with Crippen LogP contribution in [0.15, 0.2) is 0 Å². The van der Waals surface area contributed by atoms with Crippen LogP contribution in [0.25, 0.3) is 0 Å². The van der Waals surface area contributed by atoms with Crippen LogP contribution in [0.5, 0.6) is 0 Å². The van der Waals surface area contributed by atoms with Gasteiger partial charge >= 0.3 is 0 Å². The van der Waals surface area contributed by atoms with E-state index in [0.29, 0.717) is 0 Å². The molecule has 0 unspecified atom stereocenters. The van der Waals surface area contributed by atoms with Crippen LogP contribution in [-0.2, 0) is 0 Å². The molecule has 0 amide bonds. The molecule has 0 aliphatic carbocycles. The fourth-order valence-corrected chi connectivity index (χ4v) is 0.533. The molecule has 0 saturated carbocycles. The molecule has 0 aliphatic rings. The maximum atomic E-state index is 5.49. The molecule has 0 aromatic carbocycles. The van der Waals surface area contributed by atoms with Gasteiger partial charge in [-0.15, -0.1) is 0 Å². The zero-order valence-corrected chi connectivity index (χ0v) is 5.05. The SMILES string of the molecule is CCC[C-](C)Cl. The summed E-state index contributed by atoms with van der Waals surface area (Å²) in [6.45, 7) is 4.05. The van der Waals surface area contributed by atoms with Gasteiger partial charge in [0.15, 0.2) is 0 Å². The van der Waals surface area contributed by atoms with E-state index in [1.807, 2.05) is 6.92 Å². The van der Waals surface area contributed by atoms with E-state index in [0.717, 1.165) is 18.2 Å². The fraction of sp³-hybridized carbons (Fsp3) is 0.800. The standard InChI is InChI=1S/C5H10Cl/c1-3-4-5(2)6/h3-4H2,1-2H3/q-1. The molecule has 0 nitrogen and oxygen atoms in total. The van der Waals surface area contributed by atoms with Gasteiger partial charge < -0.3 is 11.6 Å². The molecule has 0 rings (SSSR count). The van der Waals surface area contributed by atoms with Crippen molar-refractivity contribution in [2.24, 2.45) is 0 Å². The van der Waals surface area contributed by atoms with Crippen molar-refractivity contribution in [1.29, 1.82) is 0 Å². The minimum atomic E-state index is 1.01. The molecule has 0 aliphatic heterocycles. The molecule has 0 N–H and O–H groups in total. The van der Waals surface area contributed by atoms with Crippen molar-refractivity contribution in [1.82, 2.24) is 0 Å². The summed E-state index contributed by atoms with van der Waals surface area (Å²) >= 11 is 5.49. The molecule has 0 radical (unpaired) electrons. The first-order valence-electron chi connectivity index (χ1n) is 2.25. The third-order valence-electron chi connectivity index (χ3n) is 0.594. The van der Waals surface area contributed by atoms with Crippen LogP contribution in [0, 0.1) is 5.38 Å². The summed E-state index contributed by atoms with van der Waals surface area (Å²) in [7, 11) is 0. The molecule has 1 heteroatoms. The Morgan fingerprint density at radius 1 is 1.67 bits per heavy atom. The van der Waals surface area contributed by atoms with E-state index in [1.54, 1.807) is 0 Å². The molecule has 0 aromatic heterocycles. The number of hydrogen-bond donors (Lipinski definition) is 0. The highest BCUT2D eigenvalue weighted by atomic mass is 35.5. The lowest BCUT2D eigenvalue weighted by Gasteiger charge is -2.10. The highest BCUT2D eigenvalue weighted by Gasteiger charge is 1.72. The van der Waals surface area contributed by atoms with Crippen molar-refractivity contribution < 1.29 is 0 Å². The van der Waals surface area contributed by atoms with E-state index in [2.05, 4.69) is 6.92 Å². The summed E-state index contributed by atoms with van der Waals surface area (Å²) in [5.41, 5.74) is 0. The van der Waals surface area contributed by atoms with Crippen LogP contribution < -0.4 is 0 Å². The Bertz CT molecular complexity index is 25.1. The van der Waals surface area contributed by atoms with Crippen molar-refractivity contribution in [3.63, 3.8) is 0 Å². The molecule has 0 heterocycles. The average molecular weight is 106 g/mol. The second-order valence-electron chi connectivity index (χ2n) is 1.43. The minimum absolute atomic E-state index is 1.01. The first-order valence-corrected chi connectivity index (χ1v) is 2.63. The maximum absolute atomic E-state index is 5.49. The summed E-state index contributed by atoms with van der Waals surface area (Å²) < 4.78 is 0. The summed E-state index contributed by atoms with van der Waals surface area (Å²) in [6, 6.07) is 0. The van der Waals surface area contributed by atoms with Crippen molar-refractivity contribution in [3.05, 3.63) is 5.38 Å². The zero-order chi connectivity index (χ0) is 4.99. The van der Waals surface area contributed by atoms with Gasteiger partial charge in [-0.25, -0.2) is 5.38 Å². The van der Waals surface area contributed by atoms with Gasteiger partial charge in [0.1, 0.15) is 0 Å². The smallest absolute Gasteiger partial charge is 0.0678 e. The Labute approximate surface area is 44.5 Å². The van der Waals surface area contributed by atoms with Crippen molar-refractivity contribution in [3.8, 4) is 0 Å². The van der Waals surface area contributed by atoms with Crippen molar-refractivity contribution >= 4 is 11.6 Å². The van der Waals surface area contributed by atoms with E-state index in [1.165, 1.54) is 0 Å². The van der Waals surface area contributed by atoms with Crippen LogP contribution in [-0.4, -0.2) is 0 Å². The predicted molar refractivity (Wildman–Crippen MR) is 29.7 cm³/mol. The lowest BCUT2D eigenvalue weighted by atomic mass is 10.3. The third kappa shape index (κ3) is 4.29. The Kier molecular flexibility index (Phi) is 3.65. The van der Waals surface area contributed by atoms with Gasteiger partial charge in [0, 0.05) is 0 Å². The van der Waals surface area contributed by atoms with Gasteiger partial charge in [-0.3, -0.25) is 0 Å². The molecule has 0 spiro atoms. The normalized spacial score (nSPS) is 10.0. The van der Waals surface area contributed by atoms with Crippen molar-refractivity contribution in [2.75, 3.05) is 0 Å². The molecule has 0 bridgehead atoms. The van der Waals surface area contributed by atoms with Gasteiger partial charge in [0.2, 0.25) is 0 Å². The Balaban J connectivity index is 2.63. The summed E-state index contributed by atoms with van der Waals surface area (Å²) in [5.74, 6) is 0. The Morgan fingerprint density at radius 3 is 2.17 bits per heavy atom. The first-order chi connectivity index (χ1) is 2.77. The molecule has 0 aromatic rings. The van der Waals surface area contributed by atoms with Gasteiger partial charge in [0.25, 0.3) is 0 Å². The molecular weight excluding hydrogens is 95.5 g/mol. The first kappa shape index (κ1) is 6.29. The van der Waals surface area contributed by atoms with E-state index in [4.69, 9.17) is 11.6 Å². The highest BCUT2D eigenvalue weighted by molar-refractivity contribution is 6.26. The number of rotatable bonds is 2. The summed E-state index contributed by atoms with van der Waals surface area (Å²) in [4.78, 5) is 0. The monoisotopic (exact) mass is 105 g/mol. The highest BCUT2D eigenvalue weighted by Crippen LogP contribution is 2.10. The van der Waals surface area contributed by atoms with Gasteiger partial charge in [-0.1, -0.05) is 13.3 Å². The third-order valence-corrected chi connectivity index (χ3v) is 0.783. The molecule has 0 fully saturated rings. The topological polar surface area (TPSA) is 0 Å². The largest absolute Gasteiger partial charge is 0.346 e. The molecule has 0 saturated heterocycles. The summed E-state index contributed by atoms with van der Waals surface area (Å²) in [6.07, 6.45) is 2.22. The summed E-state index contributed by atoms with van der Waals surface area (Å²) in [5, 5.41) is 1.01. The van der Waals surface area contributed by atoms with Crippen LogP contribution in [0.4, 0.5) is 0 Å². The number of hydrogen-bond acceptors (Lipinski definition) is 0. The Hall–Kier alpha value is 0.290. The van der Waals surface area contributed by atoms with Crippen LogP contribution >= 0.6 is 11.6 Å². The lowest BCUT2D eigenvalue weighted by molar-refractivity contribution is 0.875. The Morgan fingerprint density at radius 2 is 2.17 bits per heavy atom.